The van der Waals surface area contributed by atoms with E-state index in [0.29, 0.717) is 4.75 Å². The van der Waals surface area contributed by atoms with E-state index in [2.05, 4.69) is 313 Å². The molecule has 1 fully saturated rings. The van der Waals surface area contributed by atoms with Crippen molar-refractivity contribution in [2.45, 2.75) is 277 Å². The summed E-state index contributed by atoms with van der Waals surface area (Å²) in [7, 11) is 0. The van der Waals surface area contributed by atoms with Crippen molar-refractivity contribution in [2.75, 3.05) is 93.8 Å². The van der Waals surface area contributed by atoms with E-state index < -0.39 is 11.7 Å². The first-order valence-corrected chi connectivity index (χ1v) is 57.9. The first-order valence-electron chi connectivity index (χ1n) is 52.6. The van der Waals surface area contributed by atoms with Crippen molar-refractivity contribution in [3.8, 4) is 0 Å². The van der Waals surface area contributed by atoms with E-state index in [-0.39, 0.29) is 27.1 Å². The highest BCUT2D eigenvalue weighted by atomic mass is 32.2. The molecule has 0 radical (unpaired) electrons. The Morgan fingerprint density at radius 1 is 0.295 bits per heavy atom. The highest BCUT2D eigenvalue weighted by Crippen LogP contribution is 2.62. The molecular formula is C126H146F3N5S5. The van der Waals surface area contributed by atoms with Crippen molar-refractivity contribution in [3.05, 3.63) is 387 Å². The van der Waals surface area contributed by atoms with E-state index in [1.807, 2.05) is 35.3 Å². The minimum absolute atomic E-state index is 0.111. The summed E-state index contributed by atoms with van der Waals surface area (Å²) < 4.78 is 38.6. The molecule has 0 unspecified atom stereocenters. The molecule has 0 aliphatic heterocycles. The second-order valence-corrected chi connectivity index (χ2v) is 49.5. The third kappa shape index (κ3) is 20.5. The van der Waals surface area contributed by atoms with Gasteiger partial charge in [0.1, 0.15) is 0 Å². The molecule has 726 valence electrons. The number of anilines is 5. The quantitative estimate of drug-likeness (QED) is 0.0283. The molecule has 23 rings (SSSR count). The number of alkyl halides is 3. The number of nitrogens with one attached hydrogen (secondary N) is 5. The highest BCUT2D eigenvalue weighted by molar-refractivity contribution is 8.00. The Morgan fingerprint density at radius 2 is 0.576 bits per heavy atom. The zero-order valence-electron chi connectivity index (χ0n) is 83.9. The molecule has 11 aliphatic rings. The molecule has 5 N–H and O–H groups in total. The number of thioether (sulfide) groups is 5. The first-order chi connectivity index (χ1) is 67.6. The molecule has 12 aromatic carbocycles. The fourth-order valence-electron chi connectivity index (χ4n) is 27.6. The molecule has 0 heterocycles. The lowest BCUT2D eigenvalue weighted by atomic mass is 9.74. The van der Waals surface area contributed by atoms with E-state index in [4.69, 9.17) is 0 Å². The Bertz CT molecular complexity index is 6310. The van der Waals surface area contributed by atoms with Crippen molar-refractivity contribution in [1.82, 2.24) is 0 Å². The van der Waals surface area contributed by atoms with Crippen LogP contribution in [0.1, 0.15) is 274 Å². The van der Waals surface area contributed by atoms with Gasteiger partial charge in [-0.05, 0) is 381 Å². The van der Waals surface area contributed by atoms with Gasteiger partial charge >= 0.3 is 6.18 Å². The van der Waals surface area contributed by atoms with E-state index in [1.165, 1.54) is 249 Å². The number of aryl methyl sites for hydroxylation is 15. The fraction of sp³-hybridized carbons (Fsp3) is 0.429. The van der Waals surface area contributed by atoms with Gasteiger partial charge in [0, 0.05) is 138 Å². The average Bonchev–Trinajstić information content (AvgIpc) is 1.58. The van der Waals surface area contributed by atoms with Gasteiger partial charge in [-0.1, -0.05) is 229 Å². The zero-order chi connectivity index (χ0) is 95.9. The van der Waals surface area contributed by atoms with Gasteiger partial charge in [0.05, 0.1) is 5.56 Å². The summed E-state index contributed by atoms with van der Waals surface area (Å²) in [5.74, 6) is 7.77. The molecule has 0 amide bonds. The molecule has 13 heteroatoms. The third-order valence-electron chi connectivity index (χ3n) is 33.1. The molecule has 5 nitrogen and oxygen atoms in total. The molecule has 1 saturated carbocycles. The van der Waals surface area contributed by atoms with Gasteiger partial charge in [-0.15, -0.1) is 11.8 Å². The number of hydrogen-bond donors (Lipinski definition) is 5. The van der Waals surface area contributed by atoms with Crippen LogP contribution in [0.2, 0.25) is 0 Å². The van der Waals surface area contributed by atoms with Crippen LogP contribution in [-0.4, -0.2) is 77.2 Å². The molecule has 5 atom stereocenters. The van der Waals surface area contributed by atoms with Crippen LogP contribution in [-0.2, 0) is 103 Å². The average molecular weight is 1950 g/mol. The first kappa shape index (κ1) is 98.9. The molecule has 11 aliphatic carbocycles. The summed E-state index contributed by atoms with van der Waals surface area (Å²) in [4.78, 5) is 0.856. The number of benzene rings is 12. The maximum atomic E-state index is 12.7. The number of halogens is 3. The maximum absolute atomic E-state index is 12.7. The molecule has 0 aromatic heterocycles. The minimum Gasteiger partial charge on any atom is -0.384 e. The summed E-state index contributed by atoms with van der Waals surface area (Å²) >= 11 is 9.84. The highest BCUT2D eigenvalue weighted by Gasteiger charge is 2.53. The van der Waals surface area contributed by atoms with Gasteiger partial charge in [0.25, 0.3) is 0 Å². The number of fused-ring (bicyclic) bond motifs is 20. The van der Waals surface area contributed by atoms with Gasteiger partial charge in [0.15, 0.2) is 0 Å². The predicted molar refractivity (Wildman–Crippen MR) is 597 cm³/mol. The van der Waals surface area contributed by atoms with Crippen molar-refractivity contribution in [3.63, 3.8) is 0 Å². The van der Waals surface area contributed by atoms with Crippen LogP contribution >= 0.6 is 58.8 Å². The maximum Gasteiger partial charge on any atom is 0.416 e. The molecule has 12 aromatic rings. The van der Waals surface area contributed by atoms with Gasteiger partial charge in [0.2, 0.25) is 0 Å². The van der Waals surface area contributed by atoms with Gasteiger partial charge < -0.3 is 26.6 Å². The van der Waals surface area contributed by atoms with Crippen LogP contribution in [0.3, 0.4) is 0 Å². The summed E-state index contributed by atoms with van der Waals surface area (Å²) in [5.41, 5.74) is 47.5. The van der Waals surface area contributed by atoms with Crippen molar-refractivity contribution in [2.24, 2.45) is 0 Å². The van der Waals surface area contributed by atoms with Crippen LogP contribution in [0.4, 0.5) is 41.6 Å². The smallest absolute Gasteiger partial charge is 0.384 e. The fourth-order valence-corrected chi connectivity index (χ4v) is 31.8. The SMILES string of the molecule is CCSCCNc1cccc2c1[C@]1(CCc3cccc(C)c31)CC2.Cc1cccc2c1[C@@]1(CC2)CCc2cccc(NCCSC(C)(C)C)c21.Cc1cccc2c1[C@@]1(CC2)CCc2cccc(NCCSC3CCCCC3)c21.Cc1cccc2c1[C@@]1(CC2)CCc2cccc(NCCSCc3ccccc3)c21.Cc1cccc2c1[C@@]1(CC2)CCc2cccc(NCCSc3ccc(C(F)(F)F)cc3)c21. The van der Waals surface area contributed by atoms with Gasteiger partial charge in [-0.2, -0.15) is 60.2 Å². The predicted octanol–water partition coefficient (Wildman–Crippen LogP) is 32.0. The lowest BCUT2D eigenvalue weighted by molar-refractivity contribution is -0.137. The van der Waals surface area contributed by atoms with Crippen molar-refractivity contribution < 1.29 is 13.2 Å². The topological polar surface area (TPSA) is 60.1 Å². The van der Waals surface area contributed by atoms with Gasteiger partial charge in [-0.3, -0.25) is 0 Å². The molecule has 0 saturated heterocycles. The van der Waals surface area contributed by atoms with Crippen LogP contribution in [0.15, 0.2) is 241 Å². The summed E-state index contributed by atoms with van der Waals surface area (Å²) in [6.07, 6.45) is 27.5. The Balaban J connectivity index is 0.000000111. The Labute approximate surface area is 851 Å². The molecule has 5 spiro atoms. The van der Waals surface area contributed by atoms with Crippen molar-refractivity contribution in [1.29, 1.82) is 0 Å². The van der Waals surface area contributed by atoms with Crippen LogP contribution < -0.4 is 26.6 Å². The third-order valence-corrected chi connectivity index (χ3v) is 38.7. The second-order valence-electron chi connectivity index (χ2n) is 42.5. The Kier molecular flexibility index (Phi) is 30.9. The monoisotopic (exact) mass is 1950 g/mol. The normalized spacial score (nSPS) is 20.8. The lowest BCUT2D eigenvalue weighted by Gasteiger charge is -2.30. The molecular weight excluding hydrogens is 1800 g/mol. The zero-order valence-corrected chi connectivity index (χ0v) is 88.0. The molecule has 0 bridgehead atoms. The van der Waals surface area contributed by atoms with Gasteiger partial charge in [-0.25, -0.2) is 0 Å². The summed E-state index contributed by atoms with van der Waals surface area (Å²) in [6.45, 7) is 25.6. The van der Waals surface area contributed by atoms with E-state index in [0.717, 1.165) is 90.9 Å². The van der Waals surface area contributed by atoms with Crippen LogP contribution in [0.25, 0.3) is 0 Å². The minimum atomic E-state index is -4.29. The van der Waals surface area contributed by atoms with E-state index in [9.17, 15) is 13.2 Å². The molecule has 139 heavy (non-hydrogen) atoms. The Hall–Kier alpha value is -8.82. The van der Waals surface area contributed by atoms with Crippen LogP contribution in [0.5, 0.6) is 0 Å². The second kappa shape index (κ2) is 43.4. The van der Waals surface area contributed by atoms with Crippen molar-refractivity contribution >= 4 is 87.2 Å². The largest absolute Gasteiger partial charge is 0.416 e. The Morgan fingerprint density at radius 3 is 0.878 bits per heavy atom. The standard InChI is InChI=1S/C27H26F3NS.C27H29NS.C26H33NS.C24H31NS.C22H27NS/c1-18-4-2-5-19-12-14-26(24(18)19)15-13-20-6-3-7-23(25(20)26)31-16-17-32-22-10-8-21(9-11-22)27(28,29)30;1-20-7-5-10-22-13-15-27(25(20)22)16-14-23-11-6-12-24(26(23)27)28-17-18-29-19-21-8-3-2-4-9-21;1-19-7-5-8-20-13-15-26(24(19)20)16-14-21-9-6-12-23(25(21)26)27-17-18-28-22-10-3-2-4-11-22;1-17-7-5-8-18-11-13-24(21(17)18)14-12-19-9-6-10-20(22(19)24)25-15-16-26-23(2,3)4;1-3-24-15-14-23-19-9-5-8-18-11-13-22(21(18)19)12-10-17-7-4-6-16(2)20(17)22/h2-11,31H,12-17H2,1H3;2-12,28H,13-19H2,1H3;5-9,12,22,27H,2-4,10-11,13-18H2,1H3;5-10,25H,11-16H2,1-4H3;4-9,23H,3,10-15H2,1-2H3/t26-;27-;26-;24-;22-/m11111/s1. The number of hydrogen-bond acceptors (Lipinski definition) is 10. The number of rotatable bonds is 25. The summed E-state index contributed by atoms with van der Waals surface area (Å²) in [6, 6.07) is 84.8. The van der Waals surface area contributed by atoms with Crippen LogP contribution in [0, 0.1) is 34.6 Å². The summed E-state index contributed by atoms with van der Waals surface area (Å²) in [5, 5.41) is 19.8. The van der Waals surface area contributed by atoms with E-state index in [1.54, 1.807) is 113 Å². The van der Waals surface area contributed by atoms with E-state index >= 15 is 0 Å². The lowest BCUT2D eigenvalue weighted by Crippen LogP contribution is -2.24.